The molecule has 4 nitrogen and oxygen atoms in total. The molecular weight excluding hydrogens is 377 g/mol. The molecule has 1 unspecified atom stereocenters. The van der Waals surface area contributed by atoms with Crippen LogP contribution in [-0.2, 0) is 0 Å². The number of halogens is 3. The molecule has 1 amide bonds. The number of benzene rings is 1. The van der Waals surface area contributed by atoms with Crippen LogP contribution in [0.2, 0.25) is 0 Å². The summed E-state index contributed by atoms with van der Waals surface area (Å²) in [5.41, 5.74) is 6.72. The monoisotopic (exact) mass is 398 g/mol. The number of hydrogen-bond donors (Lipinski definition) is 1. The summed E-state index contributed by atoms with van der Waals surface area (Å²) in [6, 6.07) is 9.24. The molecule has 1 aromatic carbocycles. The molecule has 1 aliphatic heterocycles. The largest absolute Gasteiger partial charge is 0.573 e. The number of hydrogen-bond acceptors (Lipinski definition) is 4. The van der Waals surface area contributed by atoms with Gasteiger partial charge in [0.1, 0.15) is 5.75 Å². The smallest absolute Gasteiger partial charge is 0.406 e. The third kappa shape index (κ3) is 4.62. The number of rotatable bonds is 3. The average molecular weight is 398 g/mol. The number of nitrogens with zero attached hydrogens (tertiary/aromatic N) is 1. The van der Waals surface area contributed by atoms with E-state index in [9.17, 15) is 18.0 Å². The van der Waals surface area contributed by atoms with E-state index in [0.717, 1.165) is 16.9 Å². The molecular formula is C19H21F3N2O2S. The molecule has 0 aliphatic carbocycles. The number of amides is 1. The van der Waals surface area contributed by atoms with E-state index in [1.54, 1.807) is 24.3 Å². The Morgan fingerprint density at radius 3 is 2.48 bits per heavy atom. The van der Waals surface area contributed by atoms with Crippen molar-refractivity contribution in [3.8, 4) is 16.2 Å². The summed E-state index contributed by atoms with van der Waals surface area (Å²) in [5.74, 6) is -0.311. The van der Waals surface area contributed by atoms with E-state index in [0.29, 0.717) is 18.0 Å². The summed E-state index contributed by atoms with van der Waals surface area (Å²) < 4.78 is 40.6. The summed E-state index contributed by atoms with van der Waals surface area (Å²) in [6.45, 7) is 5.34. The van der Waals surface area contributed by atoms with Gasteiger partial charge >= 0.3 is 6.36 Å². The number of nitrogens with two attached hydrogens (primary N) is 1. The van der Waals surface area contributed by atoms with Gasteiger partial charge in [0, 0.05) is 24.0 Å². The molecule has 1 atom stereocenters. The van der Waals surface area contributed by atoms with Crippen molar-refractivity contribution in [1.29, 1.82) is 0 Å². The summed E-state index contributed by atoms with van der Waals surface area (Å²) in [5, 5.41) is 0. The number of ether oxygens (including phenoxy) is 1. The first-order valence-electron chi connectivity index (χ1n) is 8.56. The van der Waals surface area contributed by atoms with Crippen LogP contribution in [0, 0.1) is 5.41 Å². The molecule has 1 saturated heterocycles. The van der Waals surface area contributed by atoms with Gasteiger partial charge in [-0.05, 0) is 53.8 Å². The Balaban J connectivity index is 1.72. The number of likely N-dealkylation sites (tertiary alicyclic amines) is 1. The van der Waals surface area contributed by atoms with Gasteiger partial charge < -0.3 is 15.4 Å². The van der Waals surface area contributed by atoms with Gasteiger partial charge in [0.15, 0.2) is 0 Å². The molecule has 0 bridgehead atoms. The van der Waals surface area contributed by atoms with Crippen LogP contribution in [0.3, 0.4) is 0 Å². The Hall–Kier alpha value is -2.06. The normalized spacial score (nSPS) is 19.8. The molecule has 8 heteroatoms. The van der Waals surface area contributed by atoms with Crippen molar-refractivity contribution < 1.29 is 22.7 Å². The lowest BCUT2D eigenvalue weighted by Crippen LogP contribution is -2.53. The fourth-order valence-electron chi connectivity index (χ4n) is 3.13. The summed E-state index contributed by atoms with van der Waals surface area (Å²) in [7, 11) is 0. The maximum Gasteiger partial charge on any atom is 0.573 e. The van der Waals surface area contributed by atoms with Gasteiger partial charge in [0.2, 0.25) is 0 Å². The van der Waals surface area contributed by atoms with Crippen LogP contribution in [0.4, 0.5) is 13.2 Å². The molecule has 1 aliphatic rings. The maximum atomic E-state index is 12.8. The second-order valence-corrected chi connectivity index (χ2v) is 8.43. The zero-order valence-electron chi connectivity index (χ0n) is 15.0. The van der Waals surface area contributed by atoms with Gasteiger partial charge in [-0.3, -0.25) is 4.79 Å². The Bertz CT molecular complexity index is 815. The van der Waals surface area contributed by atoms with Crippen LogP contribution in [0.5, 0.6) is 5.75 Å². The summed E-state index contributed by atoms with van der Waals surface area (Å²) in [4.78, 5) is 16.0. The first-order chi connectivity index (χ1) is 12.5. The van der Waals surface area contributed by atoms with Crippen LogP contribution in [-0.4, -0.2) is 36.3 Å². The van der Waals surface area contributed by atoms with Crippen LogP contribution in [0.15, 0.2) is 36.4 Å². The van der Waals surface area contributed by atoms with Crippen LogP contribution in [0.25, 0.3) is 10.4 Å². The fraction of sp³-hybridized carbons (Fsp3) is 0.421. The Labute approximate surface area is 159 Å². The molecule has 1 aromatic heterocycles. The van der Waals surface area contributed by atoms with Gasteiger partial charge in [-0.2, -0.15) is 0 Å². The van der Waals surface area contributed by atoms with Crippen molar-refractivity contribution in [3.05, 3.63) is 41.3 Å². The average Bonchev–Trinajstić information content (AvgIpc) is 3.06. The van der Waals surface area contributed by atoms with Crippen molar-refractivity contribution in [2.75, 3.05) is 13.1 Å². The third-order valence-corrected chi connectivity index (χ3v) is 5.91. The number of alkyl halides is 3. The molecule has 146 valence electrons. The highest BCUT2D eigenvalue weighted by molar-refractivity contribution is 7.17. The molecule has 0 spiro atoms. The minimum Gasteiger partial charge on any atom is -0.406 e. The van der Waals surface area contributed by atoms with Crippen LogP contribution in [0.1, 0.15) is 29.9 Å². The van der Waals surface area contributed by atoms with Crippen molar-refractivity contribution in [3.63, 3.8) is 0 Å². The van der Waals surface area contributed by atoms with E-state index < -0.39 is 6.36 Å². The number of piperidine rings is 1. The molecule has 0 saturated carbocycles. The summed E-state index contributed by atoms with van der Waals surface area (Å²) in [6.07, 6.45) is -3.95. The molecule has 2 N–H and O–H groups in total. The quantitative estimate of drug-likeness (QED) is 0.828. The number of carbonyl (C=O) groups excluding carboxylic acids is 1. The number of thiophene rings is 1. The zero-order chi connectivity index (χ0) is 19.8. The zero-order valence-corrected chi connectivity index (χ0v) is 15.9. The molecule has 1 fully saturated rings. The summed E-state index contributed by atoms with van der Waals surface area (Å²) >= 11 is 1.32. The molecule has 3 rings (SSSR count). The predicted octanol–water partition coefficient (Wildman–Crippen LogP) is 4.51. The first kappa shape index (κ1) is 19.7. The Morgan fingerprint density at radius 1 is 1.22 bits per heavy atom. The van der Waals surface area contributed by atoms with Crippen LogP contribution >= 0.6 is 11.3 Å². The maximum absolute atomic E-state index is 12.8. The SMILES string of the molecule is CC1(C)CN(C(=O)c2ccc(-c3ccc(OC(F)(F)F)cc3)s2)CCC1N. The van der Waals surface area contributed by atoms with Crippen molar-refractivity contribution in [2.24, 2.45) is 11.1 Å². The Morgan fingerprint density at radius 2 is 1.89 bits per heavy atom. The molecule has 0 radical (unpaired) electrons. The minimum atomic E-state index is -4.71. The van der Waals surface area contributed by atoms with Crippen molar-refractivity contribution in [2.45, 2.75) is 32.7 Å². The van der Waals surface area contributed by atoms with Crippen LogP contribution < -0.4 is 10.5 Å². The minimum absolute atomic E-state index is 0.0387. The first-order valence-corrected chi connectivity index (χ1v) is 9.38. The fourth-order valence-corrected chi connectivity index (χ4v) is 4.11. The van der Waals surface area contributed by atoms with Gasteiger partial charge in [-0.1, -0.05) is 13.8 Å². The lowest BCUT2D eigenvalue weighted by atomic mass is 9.79. The van der Waals surface area contributed by atoms with Gasteiger partial charge in [0.25, 0.3) is 5.91 Å². The predicted molar refractivity (Wildman–Crippen MR) is 98.7 cm³/mol. The van der Waals surface area contributed by atoms with Gasteiger partial charge in [0.05, 0.1) is 4.88 Å². The lowest BCUT2D eigenvalue weighted by Gasteiger charge is -2.42. The van der Waals surface area contributed by atoms with E-state index in [4.69, 9.17) is 5.73 Å². The highest BCUT2D eigenvalue weighted by Gasteiger charge is 2.36. The van der Waals surface area contributed by atoms with Crippen molar-refractivity contribution in [1.82, 2.24) is 4.90 Å². The third-order valence-electron chi connectivity index (χ3n) is 4.79. The molecule has 2 heterocycles. The second kappa shape index (κ2) is 7.16. The van der Waals surface area contributed by atoms with E-state index >= 15 is 0 Å². The highest BCUT2D eigenvalue weighted by atomic mass is 32.1. The van der Waals surface area contributed by atoms with E-state index in [1.165, 1.54) is 23.5 Å². The molecule has 27 heavy (non-hydrogen) atoms. The highest BCUT2D eigenvalue weighted by Crippen LogP contribution is 2.33. The topological polar surface area (TPSA) is 55.6 Å². The van der Waals surface area contributed by atoms with E-state index in [-0.39, 0.29) is 23.1 Å². The Kier molecular flexibility index (Phi) is 5.22. The van der Waals surface area contributed by atoms with Crippen molar-refractivity contribution >= 4 is 17.2 Å². The van der Waals surface area contributed by atoms with E-state index in [1.807, 2.05) is 4.90 Å². The van der Waals surface area contributed by atoms with Gasteiger partial charge in [-0.15, -0.1) is 24.5 Å². The molecule has 2 aromatic rings. The van der Waals surface area contributed by atoms with Gasteiger partial charge in [-0.25, -0.2) is 0 Å². The lowest BCUT2D eigenvalue weighted by molar-refractivity contribution is -0.274. The second-order valence-electron chi connectivity index (χ2n) is 7.35. The number of carbonyl (C=O) groups is 1. The standard InChI is InChI=1S/C19H21F3N2O2S/c1-18(2)11-24(10-9-16(18)23)17(25)15-8-7-14(27-15)12-3-5-13(6-4-12)26-19(20,21)22/h3-8,16H,9-11,23H2,1-2H3. The van der Waals surface area contributed by atoms with E-state index in [2.05, 4.69) is 18.6 Å².